The molecule has 0 fully saturated rings. The highest BCUT2D eigenvalue weighted by Crippen LogP contribution is 2.25. The number of hydrogen-bond donors (Lipinski definition) is 0. The van der Waals surface area contributed by atoms with Crippen LogP contribution >= 0.6 is 0 Å². The molecule has 0 atom stereocenters. The molecule has 0 spiro atoms. The highest BCUT2D eigenvalue weighted by Gasteiger charge is 2.02. The molecule has 0 heterocycles. The van der Waals surface area contributed by atoms with Crippen LogP contribution in [0.25, 0.3) is 10.8 Å². The Kier molecular flexibility index (Phi) is 5.59. The Morgan fingerprint density at radius 1 is 0.960 bits per heavy atom. The van der Waals surface area contributed by atoms with Crippen molar-refractivity contribution >= 4 is 10.8 Å². The van der Waals surface area contributed by atoms with E-state index in [1.807, 2.05) is 37.3 Å². The lowest BCUT2D eigenvalue weighted by molar-refractivity contribution is 0.374. The van der Waals surface area contributed by atoms with Gasteiger partial charge in [-0.05, 0) is 42.0 Å². The number of benzene rings is 3. The van der Waals surface area contributed by atoms with Crippen molar-refractivity contribution in [1.82, 2.24) is 0 Å². The molecular weight excluding hydrogens is 308 g/mol. The van der Waals surface area contributed by atoms with Crippen molar-refractivity contribution < 1.29 is 9.47 Å². The molecule has 0 aliphatic carbocycles. The number of fused-ring (bicyclic) bond motifs is 1. The third kappa shape index (κ3) is 4.14. The molecule has 0 saturated heterocycles. The van der Waals surface area contributed by atoms with Crippen LogP contribution in [0.3, 0.4) is 0 Å². The SMILES string of the molecule is C[CH]Cc1ccc(OC)c(C#CCOc2cccc3ccccc23)c1. The zero-order chi connectivity index (χ0) is 17.5. The van der Waals surface area contributed by atoms with Crippen LogP contribution in [0.4, 0.5) is 0 Å². The maximum Gasteiger partial charge on any atom is 0.149 e. The van der Waals surface area contributed by atoms with Crippen molar-refractivity contribution in [2.24, 2.45) is 0 Å². The molecule has 3 rings (SSSR count). The molecule has 125 valence electrons. The molecule has 3 aromatic rings. The van der Waals surface area contributed by atoms with Gasteiger partial charge in [-0.3, -0.25) is 0 Å². The van der Waals surface area contributed by atoms with E-state index in [9.17, 15) is 0 Å². The van der Waals surface area contributed by atoms with Crippen LogP contribution in [0.2, 0.25) is 0 Å². The van der Waals surface area contributed by atoms with E-state index >= 15 is 0 Å². The average Bonchev–Trinajstić information content (AvgIpc) is 2.66. The van der Waals surface area contributed by atoms with Gasteiger partial charge in [0.15, 0.2) is 0 Å². The predicted octanol–water partition coefficient (Wildman–Crippen LogP) is 5.05. The Balaban J connectivity index is 1.75. The molecule has 0 aliphatic rings. The fraction of sp³-hybridized carbons (Fsp3) is 0.174. The molecule has 0 bridgehead atoms. The minimum absolute atomic E-state index is 0.335. The van der Waals surface area contributed by atoms with E-state index in [2.05, 4.69) is 48.6 Å². The summed E-state index contributed by atoms with van der Waals surface area (Å²) in [4.78, 5) is 0. The quantitative estimate of drug-likeness (QED) is 0.610. The van der Waals surface area contributed by atoms with E-state index in [0.29, 0.717) is 6.61 Å². The van der Waals surface area contributed by atoms with E-state index in [1.165, 1.54) is 5.56 Å². The molecular formula is C23H21O2. The lowest BCUT2D eigenvalue weighted by Crippen LogP contribution is -1.95. The lowest BCUT2D eigenvalue weighted by Gasteiger charge is -2.07. The molecule has 2 nitrogen and oxygen atoms in total. The van der Waals surface area contributed by atoms with Crippen molar-refractivity contribution in [3.63, 3.8) is 0 Å². The van der Waals surface area contributed by atoms with Crippen molar-refractivity contribution in [2.75, 3.05) is 13.7 Å². The van der Waals surface area contributed by atoms with E-state index < -0.39 is 0 Å². The first kappa shape index (κ1) is 16.9. The van der Waals surface area contributed by atoms with Gasteiger partial charge in [0.2, 0.25) is 0 Å². The Morgan fingerprint density at radius 3 is 2.64 bits per heavy atom. The summed E-state index contributed by atoms with van der Waals surface area (Å²) in [7, 11) is 1.67. The van der Waals surface area contributed by atoms with Crippen LogP contribution in [0, 0.1) is 18.3 Å². The number of rotatable bonds is 5. The van der Waals surface area contributed by atoms with E-state index in [-0.39, 0.29) is 0 Å². The molecule has 0 aliphatic heterocycles. The lowest BCUT2D eigenvalue weighted by atomic mass is 10.1. The van der Waals surface area contributed by atoms with E-state index in [4.69, 9.17) is 9.47 Å². The second-order valence-corrected chi connectivity index (χ2v) is 5.71. The van der Waals surface area contributed by atoms with Gasteiger partial charge >= 0.3 is 0 Å². The highest BCUT2D eigenvalue weighted by molar-refractivity contribution is 5.88. The first-order valence-electron chi connectivity index (χ1n) is 8.36. The van der Waals surface area contributed by atoms with Crippen LogP contribution in [-0.4, -0.2) is 13.7 Å². The molecule has 0 amide bonds. The van der Waals surface area contributed by atoms with Crippen LogP contribution in [0.1, 0.15) is 18.1 Å². The predicted molar refractivity (Wildman–Crippen MR) is 103 cm³/mol. The number of hydrogen-bond acceptors (Lipinski definition) is 2. The Hall–Kier alpha value is -2.92. The molecule has 0 unspecified atom stereocenters. The summed E-state index contributed by atoms with van der Waals surface area (Å²) in [6, 6.07) is 20.3. The smallest absolute Gasteiger partial charge is 0.149 e. The van der Waals surface area contributed by atoms with E-state index in [0.717, 1.165) is 34.3 Å². The van der Waals surface area contributed by atoms with Gasteiger partial charge in [0, 0.05) is 5.39 Å². The zero-order valence-corrected chi connectivity index (χ0v) is 14.6. The molecule has 1 radical (unpaired) electrons. The molecule has 3 aromatic carbocycles. The van der Waals surface area contributed by atoms with Gasteiger partial charge in [-0.2, -0.15) is 0 Å². The van der Waals surface area contributed by atoms with E-state index in [1.54, 1.807) is 7.11 Å². The zero-order valence-electron chi connectivity index (χ0n) is 14.6. The van der Waals surface area contributed by atoms with Gasteiger partial charge in [0.1, 0.15) is 18.1 Å². The second-order valence-electron chi connectivity index (χ2n) is 5.71. The molecule has 0 aromatic heterocycles. The minimum Gasteiger partial charge on any atom is -0.495 e. The first-order chi connectivity index (χ1) is 12.3. The van der Waals surface area contributed by atoms with Gasteiger partial charge in [0.05, 0.1) is 12.7 Å². The maximum atomic E-state index is 5.87. The van der Waals surface area contributed by atoms with Crippen LogP contribution < -0.4 is 9.47 Å². The minimum atomic E-state index is 0.335. The fourth-order valence-electron chi connectivity index (χ4n) is 2.78. The van der Waals surface area contributed by atoms with Crippen molar-refractivity contribution in [1.29, 1.82) is 0 Å². The van der Waals surface area contributed by atoms with Gasteiger partial charge in [-0.15, -0.1) is 0 Å². The van der Waals surface area contributed by atoms with Gasteiger partial charge < -0.3 is 9.47 Å². The summed E-state index contributed by atoms with van der Waals surface area (Å²) in [5, 5.41) is 2.27. The van der Waals surface area contributed by atoms with Crippen molar-refractivity contribution in [3.05, 3.63) is 78.2 Å². The molecule has 25 heavy (non-hydrogen) atoms. The Labute approximate surface area is 149 Å². The Bertz CT molecular complexity index is 911. The summed E-state index contributed by atoms with van der Waals surface area (Å²) < 4.78 is 11.3. The third-order valence-corrected chi connectivity index (χ3v) is 3.98. The summed E-state index contributed by atoms with van der Waals surface area (Å²) in [5.74, 6) is 7.91. The van der Waals surface area contributed by atoms with Crippen LogP contribution in [-0.2, 0) is 6.42 Å². The maximum absolute atomic E-state index is 5.87. The molecule has 0 saturated carbocycles. The monoisotopic (exact) mass is 329 g/mol. The molecule has 2 heteroatoms. The number of ether oxygens (including phenoxy) is 2. The van der Waals surface area contributed by atoms with Gasteiger partial charge in [0.25, 0.3) is 0 Å². The van der Waals surface area contributed by atoms with Crippen LogP contribution in [0.5, 0.6) is 11.5 Å². The average molecular weight is 329 g/mol. The van der Waals surface area contributed by atoms with Gasteiger partial charge in [-0.25, -0.2) is 0 Å². The summed E-state index contributed by atoms with van der Waals surface area (Å²) in [6.45, 7) is 2.38. The van der Waals surface area contributed by atoms with Crippen LogP contribution in [0.15, 0.2) is 60.7 Å². The van der Waals surface area contributed by atoms with Gasteiger partial charge in [-0.1, -0.05) is 61.2 Å². The topological polar surface area (TPSA) is 18.5 Å². The third-order valence-electron chi connectivity index (χ3n) is 3.98. The summed E-state index contributed by atoms with van der Waals surface area (Å²) in [6.07, 6.45) is 3.05. The first-order valence-corrected chi connectivity index (χ1v) is 8.36. The Morgan fingerprint density at radius 2 is 1.80 bits per heavy atom. The normalized spacial score (nSPS) is 10.2. The highest BCUT2D eigenvalue weighted by atomic mass is 16.5. The van der Waals surface area contributed by atoms with Crippen molar-refractivity contribution in [2.45, 2.75) is 13.3 Å². The fourth-order valence-corrected chi connectivity index (χ4v) is 2.78. The summed E-state index contributed by atoms with van der Waals surface area (Å²) in [5.41, 5.74) is 2.12. The number of methoxy groups -OCH3 is 1. The second kappa shape index (κ2) is 8.26. The standard InChI is InChI=1S/C23H21O2/c1-3-8-18-14-15-22(24-2)20(17-18)11-7-16-25-23-13-6-10-19-9-4-5-12-21(19)23/h3-6,9-10,12-15,17H,8,16H2,1-2H3. The largest absolute Gasteiger partial charge is 0.495 e. The van der Waals surface area contributed by atoms with Crippen molar-refractivity contribution in [3.8, 4) is 23.3 Å². The summed E-state index contributed by atoms with van der Waals surface area (Å²) >= 11 is 0. The molecule has 0 N–H and O–H groups in total.